The lowest BCUT2D eigenvalue weighted by Gasteiger charge is -2.08. The van der Waals surface area contributed by atoms with E-state index in [-0.39, 0.29) is 6.03 Å². The van der Waals surface area contributed by atoms with Gasteiger partial charge >= 0.3 is 6.03 Å². The monoisotopic (exact) mass is 338 g/mol. The van der Waals surface area contributed by atoms with Gasteiger partial charge in [-0.2, -0.15) is 5.10 Å². The molecule has 0 spiro atoms. The van der Waals surface area contributed by atoms with E-state index in [2.05, 4.69) is 25.7 Å². The lowest BCUT2D eigenvalue weighted by molar-refractivity contribution is 0.251. The van der Waals surface area contributed by atoms with Crippen LogP contribution in [0, 0.1) is 0 Å². The highest BCUT2D eigenvalue weighted by atomic mass is 16.5. The number of anilines is 1. The van der Waals surface area contributed by atoms with Crippen molar-refractivity contribution in [3.8, 4) is 5.88 Å². The van der Waals surface area contributed by atoms with Crippen LogP contribution in [0.15, 0.2) is 55.1 Å². The van der Waals surface area contributed by atoms with Crippen LogP contribution in [0.2, 0.25) is 0 Å². The van der Waals surface area contributed by atoms with E-state index in [9.17, 15) is 4.79 Å². The Hall–Kier alpha value is -3.42. The van der Waals surface area contributed by atoms with Crippen molar-refractivity contribution in [3.05, 3.63) is 66.2 Å². The first kappa shape index (κ1) is 16.4. The highest BCUT2D eigenvalue weighted by molar-refractivity contribution is 5.88. The third-order valence-electron chi connectivity index (χ3n) is 3.46. The predicted molar refractivity (Wildman–Crippen MR) is 92.2 cm³/mol. The summed E-state index contributed by atoms with van der Waals surface area (Å²) in [6.45, 7) is 0.916. The maximum absolute atomic E-state index is 12.0. The molecule has 3 heterocycles. The van der Waals surface area contributed by atoms with Crippen LogP contribution >= 0.6 is 0 Å². The van der Waals surface area contributed by atoms with Crippen LogP contribution in [0.1, 0.15) is 11.1 Å². The van der Waals surface area contributed by atoms with Crippen molar-refractivity contribution in [3.63, 3.8) is 0 Å². The molecule has 8 nitrogen and oxygen atoms in total. The fraction of sp³-hybridized carbons (Fsp3) is 0.176. The van der Waals surface area contributed by atoms with Crippen LogP contribution in [-0.2, 0) is 13.1 Å². The van der Waals surface area contributed by atoms with E-state index in [4.69, 9.17) is 4.74 Å². The second-order valence-electron chi connectivity index (χ2n) is 5.23. The third kappa shape index (κ3) is 4.54. The van der Waals surface area contributed by atoms with Crippen molar-refractivity contribution >= 4 is 11.8 Å². The normalized spacial score (nSPS) is 10.3. The van der Waals surface area contributed by atoms with E-state index in [1.165, 1.54) is 0 Å². The molecular formula is C17H18N6O2. The van der Waals surface area contributed by atoms with Crippen LogP contribution in [0.25, 0.3) is 0 Å². The maximum atomic E-state index is 12.0. The summed E-state index contributed by atoms with van der Waals surface area (Å²) in [6.07, 6.45) is 6.91. The zero-order valence-electron chi connectivity index (χ0n) is 13.7. The van der Waals surface area contributed by atoms with E-state index in [0.717, 1.165) is 11.1 Å². The molecule has 0 atom stereocenters. The highest BCUT2D eigenvalue weighted by Crippen LogP contribution is 2.13. The molecule has 3 aromatic heterocycles. The van der Waals surface area contributed by atoms with E-state index in [1.54, 1.807) is 48.7 Å². The van der Waals surface area contributed by atoms with Crippen LogP contribution in [0.5, 0.6) is 5.88 Å². The Morgan fingerprint density at radius 1 is 1.20 bits per heavy atom. The molecule has 0 aliphatic rings. The van der Waals surface area contributed by atoms with Crippen LogP contribution in [0.3, 0.4) is 0 Å². The maximum Gasteiger partial charge on any atom is 0.320 e. The number of ether oxygens (including phenoxy) is 1. The highest BCUT2D eigenvalue weighted by Gasteiger charge is 2.08. The van der Waals surface area contributed by atoms with Crippen molar-refractivity contribution in [2.24, 2.45) is 0 Å². The number of nitrogens with one attached hydrogen (secondary N) is 2. The van der Waals surface area contributed by atoms with Crippen molar-refractivity contribution in [2.45, 2.75) is 13.1 Å². The number of pyridine rings is 2. The molecule has 0 saturated carbocycles. The molecule has 0 fully saturated rings. The number of amides is 2. The summed E-state index contributed by atoms with van der Waals surface area (Å²) < 4.78 is 6.90. The SMILES string of the molecule is COc1ncccc1CNC(=O)Nc1ccn(Cc2ccncc2)n1. The number of methoxy groups -OCH3 is 1. The number of hydrogen-bond donors (Lipinski definition) is 2. The standard InChI is InChI=1S/C17H18N6O2/c1-25-16-14(3-2-7-19-16)11-20-17(24)21-15-6-10-23(22-15)12-13-4-8-18-9-5-13/h2-10H,11-12H2,1H3,(H2,20,21,22,24). The van der Waals surface area contributed by atoms with Gasteiger partial charge in [0.05, 0.1) is 13.7 Å². The summed E-state index contributed by atoms with van der Waals surface area (Å²) in [5, 5.41) is 9.78. The van der Waals surface area contributed by atoms with Gasteiger partial charge in [-0.1, -0.05) is 6.07 Å². The molecule has 25 heavy (non-hydrogen) atoms. The fourth-order valence-corrected chi connectivity index (χ4v) is 2.27. The number of hydrogen-bond acceptors (Lipinski definition) is 5. The number of carbonyl (C=O) groups excluding carboxylic acids is 1. The Balaban J connectivity index is 1.53. The molecule has 2 N–H and O–H groups in total. The van der Waals surface area contributed by atoms with Crippen LogP contribution in [-0.4, -0.2) is 32.9 Å². The lowest BCUT2D eigenvalue weighted by Crippen LogP contribution is -2.28. The van der Waals surface area contributed by atoms with E-state index in [0.29, 0.717) is 24.8 Å². The first-order valence-electron chi connectivity index (χ1n) is 7.69. The number of urea groups is 1. The molecule has 0 saturated heterocycles. The minimum Gasteiger partial charge on any atom is -0.481 e. The molecule has 2 amide bonds. The quantitative estimate of drug-likeness (QED) is 0.717. The van der Waals surface area contributed by atoms with Gasteiger partial charge < -0.3 is 10.1 Å². The molecule has 0 aliphatic heterocycles. The zero-order valence-corrected chi connectivity index (χ0v) is 13.7. The third-order valence-corrected chi connectivity index (χ3v) is 3.46. The average Bonchev–Trinajstić information content (AvgIpc) is 3.07. The molecule has 3 rings (SSSR count). The van der Waals surface area contributed by atoms with Gasteiger partial charge in [0.1, 0.15) is 0 Å². The number of rotatable bonds is 6. The summed E-state index contributed by atoms with van der Waals surface area (Å²) in [6, 6.07) is 8.87. The first-order chi connectivity index (χ1) is 12.2. The first-order valence-corrected chi connectivity index (χ1v) is 7.69. The van der Waals surface area contributed by atoms with Crippen LogP contribution in [0.4, 0.5) is 10.6 Å². The molecule has 0 unspecified atom stereocenters. The predicted octanol–water partition coefficient (Wildman–Crippen LogP) is 2.05. The number of nitrogens with zero attached hydrogens (tertiary/aromatic N) is 4. The molecule has 0 aliphatic carbocycles. The Kier molecular flexibility index (Phi) is 5.20. The second-order valence-corrected chi connectivity index (χ2v) is 5.23. The van der Waals surface area contributed by atoms with Gasteiger partial charge in [-0.3, -0.25) is 15.0 Å². The summed E-state index contributed by atoms with van der Waals surface area (Å²) in [4.78, 5) is 20.1. The van der Waals surface area contributed by atoms with Gasteiger partial charge in [0.15, 0.2) is 5.82 Å². The second kappa shape index (κ2) is 7.91. The minimum absolute atomic E-state index is 0.306. The Bertz CT molecular complexity index is 834. The molecule has 0 bridgehead atoms. The van der Waals surface area contributed by atoms with E-state index < -0.39 is 0 Å². The molecule has 0 aromatic carbocycles. The van der Waals surface area contributed by atoms with E-state index in [1.807, 2.05) is 18.2 Å². The van der Waals surface area contributed by atoms with Crippen molar-refractivity contribution < 1.29 is 9.53 Å². The molecular weight excluding hydrogens is 320 g/mol. The van der Waals surface area contributed by atoms with Crippen molar-refractivity contribution in [2.75, 3.05) is 12.4 Å². The summed E-state index contributed by atoms with van der Waals surface area (Å²) >= 11 is 0. The summed E-state index contributed by atoms with van der Waals surface area (Å²) in [5.41, 5.74) is 1.88. The smallest absolute Gasteiger partial charge is 0.320 e. The fourth-order valence-electron chi connectivity index (χ4n) is 2.27. The number of carbonyl (C=O) groups is 1. The van der Waals surface area contributed by atoms with Crippen molar-refractivity contribution in [1.29, 1.82) is 0 Å². The molecule has 3 aromatic rings. The van der Waals surface area contributed by atoms with Crippen LogP contribution < -0.4 is 15.4 Å². The Labute approximate surface area is 144 Å². The van der Waals surface area contributed by atoms with Gasteiger partial charge in [-0.15, -0.1) is 0 Å². The average molecular weight is 338 g/mol. The van der Waals surface area contributed by atoms with Gasteiger partial charge in [0.25, 0.3) is 0 Å². The number of aromatic nitrogens is 4. The molecule has 8 heteroatoms. The van der Waals surface area contributed by atoms with E-state index >= 15 is 0 Å². The summed E-state index contributed by atoms with van der Waals surface area (Å²) in [7, 11) is 1.54. The molecule has 128 valence electrons. The minimum atomic E-state index is -0.347. The molecule has 0 radical (unpaired) electrons. The van der Waals surface area contributed by atoms with Crippen molar-refractivity contribution in [1.82, 2.24) is 25.1 Å². The van der Waals surface area contributed by atoms with Gasteiger partial charge in [0, 0.05) is 43.0 Å². The topological polar surface area (TPSA) is 94.0 Å². The van der Waals surface area contributed by atoms with Gasteiger partial charge in [-0.25, -0.2) is 9.78 Å². The Morgan fingerprint density at radius 2 is 2.04 bits per heavy atom. The zero-order chi connectivity index (χ0) is 17.5. The largest absolute Gasteiger partial charge is 0.481 e. The summed E-state index contributed by atoms with van der Waals surface area (Å²) in [5.74, 6) is 0.967. The van der Waals surface area contributed by atoms with Gasteiger partial charge in [0.2, 0.25) is 5.88 Å². The Morgan fingerprint density at radius 3 is 2.84 bits per heavy atom. The lowest BCUT2D eigenvalue weighted by atomic mass is 10.3. The van der Waals surface area contributed by atoms with Gasteiger partial charge in [-0.05, 0) is 23.8 Å².